The average molecular weight is 173 g/mol. The van der Waals surface area contributed by atoms with Crippen molar-refractivity contribution < 1.29 is 4.52 Å². The van der Waals surface area contributed by atoms with Crippen LogP contribution in [0.4, 0.5) is 0 Å². The molecule has 1 aromatic heterocycles. The van der Waals surface area contributed by atoms with Gasteiger partial charge in [-0.2, -0.15) is 0 Å². The van der Waals surface area contributed by atoms with Crippen molar-refractivity contribution in [2.45, 2.75) is 6.92 Å². The van der Waals surface area contributed by atoms with Gasteiger partial charge in [0.25, 0.3) is 0 Å². The molecule has 0 fully saturated rings. The number of hydrogen-bond acceptors (Lipinski definition) is 3. The minimum atomic E-state index is 0.740. The molecule has 13 heavy (non-hydrogen) atoms. The first-order valence-electron chi connectivity index (χ1n) is 4.05. The summed E-state index contributed by atoms with van der Waals surface area (Å²) in [4.78, 5) is 0. The van der Waals surface area contributed by atoms with Crippen LogP contribution >= 0.6 is 0 Å². The predicted molar refractivity (Wildman–Crippen MR) is 48.0 cm³/mol. The summed E-state index contributed by atoms with van der Waals surface area (Å²) in [6, 6.07) is 9.96. The van der Waals surface area contributed by atoms with E-state index in [1.807, 2.05) is 43.7 Å². The minimum Gasteiger partial charge on any atom is -0.342 e. The monoisotopic (exact) mass is 173 g/mol. The summed E-state index contributed by atoms with van der Waals surface area (Å²) in [5.74, 6) is 0.740. The molecule has 1 aromatic carbocycles. The lowest BCUT2D eigenvalue weighted by molar-refractivity contribution is 0.373. The van der Waals surface area contributed by atoms with Crippen molar-refractivity contribution in [1.82, 2.24) is 10.4 Å². The first-order valence-corrected chi connectivity index (χ1v) is 4.05. The van der Waals surface area contributed by atoms with Crippen molar-refractivity contribution >= 4 is 0 Å². The smallest absolute Gasteiger partial charge is 0.157 e. The highest BCUT2D eigenvalue weighted by Crippen LogP contribution is 2.11. The molecule has 0 aliphatic heterocycles. The molecule has 0 spiro atoms. The molecule has 1 heterocycles. The van der Waals surface area contributed by atoms with Crippen molar-refractivity contribution in [2.75, 3.05) is 0 Å². The average Bonchev–Trinajstić information content (AvgIpc) is 2.54. The van der Waals surface area contributed by atoms with Gasteiger partial charge in [0.1, 0.15) is 5.69 Å². The molecule has 0 atom stereocenters. The first-order chi connectivity index (χ1) is 6.36. The van der Waals surface area contributed by atoms with Crippen LogP contribution in [0.1, 0.15) is 17.0 Å². The number of rotatable bonds is 2. The van der Waals surface area contributed by atoms with Crippen molar-refractivity contribution in [1.29, 1.82) is 0 Å². The molecule has 3 nitrogen and oxygen atoms in total. The van der Waals surface area contributed by atoms with E-state index in [0.29, 0.717) is 0 Å². The fourth-order valence-corrected chi connectivity index (χ4v) is 1.08. The minimum absolute atomic E-state index is 0.740. The SMILES string of the molecule is Cc1onnc1[CH]c1ccccc1. The molecule has 1 radical (unpaired) electrons. The van der Waals surface area contributed by atoms with Crippen LogP contribution in [0.3, 0.4) is 0 Å². The van der Waals surface area contributed by atoms with Gasteiger partial charge in [-0.1, -0.05) is 30.3 Å². The van der Waals surface area contributed by atoms with Gasteiger partial charge < -0.3 is 4.52 Å². The van der Waals surface area contributed by atoms with E-state index < -0.39 is 0 Å². The third-order valence-corrected chi connectivity index (χ3v) is 1.79. The third-order valence-electron chi connectivity index (χ3n) is 1.79. The Labute approximate surface area is 76.4 Å². The summed E-state index contributed by atoms with van der Waals surface area (Å²) in [5, 5.41) is 7.30. The van der Waals surface area contributed by atoms with Crippen LogP contribution < -0.4 is 0 Å². The van der Waals surface area contributed by atoms with Crippen LogP contribution in [-0.4, -0.2) is 10.4 Å². The Morgan fingerprint density at radius 2 is 2.00 bits per heavy atom. The molecule has 0 aliphatic carbocycles. The van der Waals surface area contributed by atoms with E-state index >= 15 is 0 Å². The Morgan fingerprint density at radius 3 is 2.62 bits per heavy atom. The summed E-state index contributed by atoms with van der Waals surface area (Å²) < 4.78 is 4.84. The lowest BCUT2D eigenvalue weighted by Crippen LogP contribution is -1.87. The van der Waals surface area contributed by atoms with Crippen LogP contribution in [0.15, 0.2) is 34.9 Å². The summed E-state index contributed by atoms with van der Waals surface area (Å²) in [6.07, 6.45) is 1.94. The third kappa shape index (κ3) is 1.75. The maximum absolute atomic E-state index is 4.84. The summed E-state index contributed by atoms with van der Waals surface area (Å²) in [6.45, 7) is 1.84. The molecule has 0 unspecified atom stereocenters. The highest BCUT2D eigenvalue weighted by atomic mass is 16.5. The van der Waals surface area contributed by atoms with E-state index in [9.17, 15) is 0 Å². The van der Waals surface area contributed by atoms with Gasteiger partial charge >= 0.3 is 0 Å². The van der Waals surface area contributed by atoms with Gasteiger partial charge in [-0.15, -0.1) is 5.10 Å². The van der Waals surface area contributed by atoms with E-state index in [-0.39, 0.29) is 0 Å². The second kappa shape index (κ2) is 3.39. The van der Waals surface area contributed by atoms with E-state index in [1.54, 1.807) is 0 Å². The number of aryl methyl sites for hydroxylation is 1. The normalized spacial score (nSPS) is 10.2. The van der Waals surface area contributed by atoms with Gasteiger partial charge in [-0.05, 0) is 12.5 Å². The van der Waals surface area contributed by atoms with Crippen LogP contribution in [0.5, 0.6) is 0 Å². The van der Waals surface area contributed by atoms with Gasteiger partial charge in [0, 0.05) is 11.7 Å². The van der Waals surface area contributed by atoms with Gasteiger partial charge in [-0.25, -0.2) is 0 Å². The Hall–Kier alpha value is -1.64. The van der Waals surface area contributed by atoms with Crippen LogP contribution in [-0.2, 0) is 0 Å². The summed E-state index contributed by atoms with van der Waals surface area (Å²) >= 11 is 0. The first kappa shape index (κ1) is 7.98. The van der Waals surface area contributed by atoms with Gasteiger partial charge in [-0.3, -0.25) is 0 Å². The lowest BCUT2D eigenvalue weighted by Gasteiger charge is -1.95. The number of nitrogens with zero attached hydrogens (tertiary/aromatic N) is 2. The van der Waals surface area contributed by atoms with Crippen LogP contribution in [0.25, 0.3) is 0 Å². The molecule has 0 bridgehead atoms. The second-order valence-electron chi connectivity index (χ2n) is 2.77. The highest BCUT2D eigenvalue weighted by Gasteiger charge is 2.05. The highest BCUT2D eigenvalue weighted by molar-refractivity contribution is 5.32. The number of benzene rings is 1. The Kier molecular flexibility index (Phi) is 2.08. The fourth-order valence-electron chi connectivity index (χ4n) is 1.08. The van der Waals surface area contributed by atoms with E-state index in [0.717, 1.165) is 17.0 Å². The molecule has 3 heteroatoms. The summed E-state index contributed by atoms with van der Waals surface area (Å²) in [5.41, 5.74) is 1.88. The van der Waals surface area contributed by atoms with Gasteiger partial charge in [0.05, 0.1) is 0 Å². The van der Waals surface area contributed by atoms with Crippen molar-refractivity contribution in [3.63, 3.8) is 0 Å². The Bertz CT molecular complexity index is 381. The fraction of sp³-hybridized carbons (Fsp3) is 0.100. The zero-order chi connectivity index (χ0) is 9.10. The van der Waals surface area contributed by atoms with E-state index in [4.69, 9.17) is 4.52 Å². The molecule has 0 N–H and O–H groups in total. The van der Waals surface area contributed by atoms with Crippen molar-refractivity contribution in [3.8, 4) is 0 Å². The molecule has 0 aliphatic rings. The van der Waals surface area contributed by atoms with E-state index in [1.165, 1.54) is 0 Å². The molecule has 0 amide bonds. The van der Waals surface area contributed by atoms with Crippen molar-refractivity contribution in [2.24, 2.45) is 0 Å². The zero-order valence-corrected chi connectivity index (χ0v) is 7.27. The topological polar surface area (TPSA) is 38.9 Å². The standard InChI is InChI=1S/C10H9N2O/c1-8-10(11-12-13-8)7-9-5-3-2-4-6-9/h2-7H,1H3. The van der Waals surface area contributed by atoms with Gasteiger partial charge in [0.2, 0.25) is 0 Å². The number of hydrogen-bond donors (Lipinski definition) is 0. The Morgan fingerprint density at radius 1 is 1.23 bits per heavy atom. The molecule has 2 aromatic rings. The molecule has 0 saturated carbocycles. The molecular weight excluding hydrogens is 164 g/mol. The summed E-state index contributed by atoms with van der Waals surface area (Å²) in [7, 11) is 0. The van der Waals surface area contributed by atoms with Crippen LogP contribution in [0, 0.1) is 13.3 Å². The maximum Gasteiger partial charge on any atom is 0.157 e. The van der Waals surface area contributed by atoms with Crippen molar-refractivity contribution in [3.05, 3.63) is 53.8 Å². The zero-order valence-electron chi connectivity index (χ0n) is 7.27. The van der Waals surface area contributed by atoms with Crippen LogP contribution in [0.2, 0.25) is 0 Å². The number of aromatic nitrogens is 2. The quantitative estimate of drug-likeness (QED) is 0.697. The Balaban J connectivity index is 2.20. The molecule has 2 rings (SSSR count). The van der Waals surface area contributed by atoms with E-state index in [2.05, 4.69) is 10.4 Å². The predicted octanol–water partition coefficient (Wildman–Crippen LogP) is 1.98. The second-order valence-corrected chi connectivity index (χ2v) is 2.77. The maximum atomic E-state index is 4.84. The molecule has 0 saturated heterocycles. The van der Waals surface area contributed by atoms with Gasteiger partial charge in [0.15, 0.2) is 5.76 Å². The largest absolute Gasteiger partial charge is 0.342 e. The molecule has 65 valence electrons. The lowest BCUT2D eigenvalue weighted by atomic mass is 10.1. The molecular formula is C10H9N2O.